The molecule has 0 N–H and O–H groups in total. The standard InChI is InChI=1S/C21H24N2O4S/c1-13(2)12-27-19(24)11-23-20(25)18(28-21(23)26)9-15-10-22(14(3)4)17-8-6-5-7-16(15)17/h5-10,13-14H,11-12H2,1-4H3/b18-9+. The summed E-state index contributed by atoms with van der Waals surface area (Å²) in [7, 11) is 0. The van der Waals surface area contributed by atoms with Crippen molar-refractivity contribution in [3.05, 3.63) is 40.9 Å². The Morgan fingerprint density at radius 3 is 2.57 bits per heavy atom. The van der Waals surface area contributed by atoms with Gasteiger partial charge in [0.2, 0.25) is 0 Å². The molecule has 0 radical (unpaired) electrons. The molecule has 1 aliphatic heterocycles. The molecule has 1 aromatic carbocycles. The molecule has 0 bridgehead atoms. The Morgan fingerprint density at radius 2 is 1.89 bits per heavy atom. The molecule has 28 heavy (non-hydrogen) atoms. The third-order valence-corrected chi connectivity index (χ3v) is 5.26. The predicted molar refractivity (Wildman–Crippen MR) is 111 cm³/mol. The van der Waals surface area contributed by atoms with Crippen LogP contribution in [0.1, 0.15) is 39.3 Å². The van der Waals surface area contributed by atoms with Crippen molar-refractivity contribution in [3.63, 3.8) is 0 Å². The zero-order valence-electron chi connectivity index (χ0n) is 16.5. The minimum absolute atomic E-state index is 0.192. The van der Waals surface area contributed by atoms with Crippen molar-refractivity contribution in [2.45, 2.75) is 33.7 Å². The van der Waals surface area contributed by atoms with E-state index in [0.717, 1.165) is 33.1 Å². The molecule has 2 heterocycles. The highest BCUT2D eigenvalue weighted by molar-refractivity contribution is 8.18. The summed E-state index contributed by atoms with van der Waals surface area (Å²) < 4.78 is 7.22. The van der Waals surface area contributed by atoms with Crippen LogP contribution in [-0.4, -0.2) is 39.7 Å². The largest absolute Gasteiger partial charge is 0.464 e. The zero-order chi connectivity index (χ0) is 20.4. The Balaban J connectivity index is 1.84. The quantitative estimate of drug-likeness (QED) is 0.529. The second-order valence-corrected chi connectivity index (χ2v) is 8.44. The first kappa shape index (κ1) is 20.2. The van der Waals surface area contributed by atoms with Gasteiger partial charge in [0.25, 0.3) is 11.1 Å². The van der Waals surface area contributed by atoms with Crippen molar-refractivity contribution in [2.75, 3.05) is 13.2 Å². The molecule has 2 amide bonds. The van der Waals surface area contributed by atoms with Gasteiger partial charge in [-0.3, -0.25) is 19.3 Å². The lowest BCUT2D eigenvalue weighted by molar-refractivity contribution is -0.147. The highest BCUT2D eigenvalue weighted by Gasteiger charge is 2.36. The van der Waals surface area contributed by atoms with E-state index in [1.807, 2.05) is 44.3 Å². The fourth-order valence-electron chi connectivity index (χ4n) is 2.99. The number of nitrogens with zero attached hydrogens (tertiary/aromatic N) is 2. The van der Waals surface area contributed by atoms with Crippen molar-refractivity contribution in [1.29, 1.82) is 0 Å². The third kappa shape index (κ3) is 4.14. The maximum Gasteiger partial charge on any atom is 0.326 e. The average Bonchev–Trinajstić information content (AvgIpc) is 3.13. The van der Waals surface area contributed by atoms with Crippen LogP contribution in [0.5, 0.6) is 0 Å². The lowest BCUT2D eigenvalue weighted by Gasteiger charge is -2.12. The number of carbonyl (C=O) groups is 3. The van der Waals surface area contributed by atoms with Gasteiger partial charge in [0.1, 0.15) is 6.54 Å². The minimum atomic E-state index is -0.575. The minimum Gasteiger partial charge on any atom is -0.464 e. The number of thioether (sulfide) groups is 1. The number of amides is 2. The van der Waals surface area contributed by atoms with Crippen LogP contribution in [0.15, 0.2) is 35.4 Å². The molecule has 3 rings (SSSR count). The van der Waals surface area contributed by atoms with Crippen LogP contribution in [0.25, 0.3) is 17.0 Å². The highest BCUT2D eigenvalue weighted by Crippen LogP contribution is 2.34. The smallest absolute Gasteiger partial charge is 0.326 e. The van der Waals surface area contributed by atoms with Gasteiger partial charge in [-0.15, -0.1) is 0 Å². The summed E-state index contributed by atoms with van der Waals surface area (Å²) in [5.74, 6) is -0.844. The fourth-order valence-corrected chi connectivity index (χ4v) is 3.82. The number of esters is 1. The van der Waals surface area contributed by atoms with Gasteiger partial charge in [-0.1, -0.05) is 32.0 Å². The van der Waals surface area contributed by atoms with Gasteiger partial charge in [0, 0.05) is 28.7 Å². The van der Waals surface area contributed by atoms with E-state index in [1.165, 1.54) is 0 Å². The van der Waals surface area contributed by atoms with Crippen molar-refractivity contribution in [2.24, 2.45) is 5.92 Å². The van der Waals surface area contributed by atoms with Gasteiger partial charge >= 0.3 is 5.97 Å². The van der Waals surface area contributed by atoms with E-state index >= 15 is 0 Å². The van der Waals surface area contributed by atoms with E-state index in [9.17, 15) is 14.4 Å². The van der Waals surface area contributed by atoms with Crippen LogP contribution in [0.3, 0.4) is 0 Å². The molecular weight excluding hydrogens is 376 g/mol. The molecule has 1 aliphatic rings. The number of rotatable bonds is 6. The van der Waals surface area contributed by atoms with Crippen molar-refractivity contribution < 1.29 is 19.1 Å². The van der Waals surface area contributed by atoms with Crippen LogP contribution in [-0.2, 0) is 14.3 Å². The second kappa shape index (κ2) is 8.22. The van der Waals surface area contributed by atoms with E-state index in [2.05, 4.69) is 18.4 Å². The average molecular weight is 401 g/mol. The Hall–Kier alpha value is -2.54. The van der Waals surface area contributed by atoms with Gasteiger partial charge < -0.3 is 9.30 Å². The molecule has 1 fully saturated rings. The van der Waals surface area contributed by atoms with Crippen LogP contribution < -0.4 is 0 Å². The molecule has 6 nitrogen and oxygen atoms in total. The van der Waals surface area contributed by atoms with Crippen LogP contribution in [0.2, 0.25) is 0 Å². The fraction of sp³-hybridized carbons (Fsp3) is 0.381. The maximum absolute atomic E-state index is 12.7. The van der Waals surface area contributed by atoms with E-state index < -0.39 is 17.1 Å². The summed E-state index contributed by atoms with van der Waals surface area (Å²) in [6.07, 6.45) is 3.71. The van der Waals surface area contributed by atoms with Crippen molar-refractivity contribution in [1.82, 2.24) is 9.47 Å². The number of ether oxygens (including phenoxy) is 1. The summed E-state index contributed by atoms with van der Waals surface area (Å²) in [5, 5.41) is 0.560. The van der Waals surface area contributed by atoms with Crippen LogP contribution >= 0.6 is 11.8 Å². The topological polar surface area (TPSA) is 68.6 Å². The Morgan fingerprint density at radius 1 is 1.18 bits per heavy atom. The van der Waals surface area contributed by atoms with Gasteiger partial charge in [0.05, 0.1) is 11.5 Å². The summed E-state index contributed by atoms with van der Waals surface area (Å²) in [6, 6.07) is 8.21. The van der Waals surface area contributed by atoms with Gasteiger partial charge in [-0.05, 0) is 43.7 Å². The van der Waals surface area contributed by atoms with Crippen molar-refractivity contribution >= 4 is 45.9 Å². The van der Waals surface area contributed by atoms with Gasteiger partial charge in [0.15, 0.2) is 0 Å². The number of para-hydroxylation sites is 1. The Labute approximate surface area is 168 Å². The number of aromatic nitrogens is 1. The molecule has 1 aromatic heterocycles. The van der Waals surface area contributed by atoms with Crippen LogP contribution in [0.4, 0.5) is 4.79 Å². The number of imide groups is 1. The highest BCUT2D eigenvalue weighted by atomic mass is 32.2. The molecule has 1 saturated heterocycles. The first-order chi connectivity index (χ1) is 13.3. The monoisotopic (exact) mass is 400 g/mol. The molecule has 0 spiro atoms. The van der Waals surface area contributed by atoms with E-state index in [4.69, 9.17) is 4.74 Å². The predicted octanol–water partition coefficient (Wildman–Crippen LogP) is 4.46. The Bertz CT molecular complexity index is 958. The number of fused-ring (bicyclic) bond motifs is 1. The molecule has 0 atom stereocenters. The first-order valence-electron chi connectivity index (χ1n) is 9.28. The van der Waals surface area contributed by atoms with E-state index in [-0.39, 0.29) is 25.1 Å². The number of hydrogen-bond acceptors (Lipinski definition) is 5. The van der Waals surface area contributed by atoms with Crippen molar-refractivity contribution in [3.8, 4) is 0 Å². The third-order valence-electron chi connectivity index (χ3n) is 4.35. The molecule has 0 unspecified atom stereocenters. The SMILES string of the molecule is CC(C)COC(=O)CN1C(=O)S/C(=C/c2cn(C(C)C)c3ccccc23)C1=O. The molecule has 7 heteroatoms. The lowest BCUT2D eigenvalue weighted by atomic mass is 10.1. The summed E-state index contributed by atoms with van der Waals surface area (Å²) in [5.41, 5.74) is 1.94. The lowest BCUT2D eigenvalue weighted by Crippen LogP contribution is -2.34. The summed E-state index contributed by atoms with van der Waals surface area (Å²) in [4.78, 5) is 38.1. The molecular formula is C21H24N2O4S. The zero-order valence-corrected chi connectivity index (χ0v) is 17.3. The first-order valence-corrected chi connectivity index (χ1v) is 10.1. The second-order valence-electron chi connectivity index (χ2n) is 7.45. The summed E-state index contributed by atoms with van der Waals surface area (Å²) >= 11 is 0.851. The van der Waals surface area contributed by atoms with E-state index in [1.54, 1.807) is 6.08 Å². The van der Waals surface area contributed by atoms with Gasteiger partial charge in [-0.2, -0.15) is 0 Å². The molecule has 148 valence electrons. The van der Waals surface area contributed by atoms with Gasteiger partial charge in [-0.25, -0.2) is 0 Å². The Kier molecular flexibility index (Phi) is 5.93. The maximum atomic E-state index is 12.7. The number of benzene rings is 1. The van der Waals surface area contributed by atoms with E-state index in [0.29, 0.717) is 4.91 Å². The number of carbonyl (C=O) groups excluding carboxylic acids is 3. The summed E-state index contributed by atoms with van der Waals surface area (Å²) in [6.45, 7) is 7.93. The normalized spacial score (nSPS) is 16.2. The molecule has 0 saturated carbocycles. The molecule has 2 aromatic rings. The van der Waals surface area contributed by atoms with Crippen LogP contribution in [0, 0.1) is 5.92 Å². The number of hydrogen-bond donors (Lipinski definition) is 0. The molecule has 0 aliphatic carbocycles.